The lowest BCUT2D eigenvalue weighted by molar-refractivity contribution is -0.125. The number of aromatic nitrogens is 1. The van der Waals surface area contributed by atoms with Gasteiger partial charge in [-0.3, -0.25) is 4.79 Å². The molecule has 2 saturated heterocycles. The van der Waals surface area contributed by atoms with E-state index in [1.807, 2.05) is 0 Å². The molecule has 25 heavy (non-hydrogen) atoms. The average Bonchev–Trinajstić information content (AvgIpc) is 2.68. The fraction of sp³-hybridized carbons (Fsp3) is 0.625. The predicted octanol–water partition coefficient (Wildman–Crippen LogP) is 0.0649. The lowest BCUT2D eigenvalue weighted by atomic mass is 9.96. The zero-order valence-corrected chi connectivity index (χ0v) is 15.2. The van der Waals surface area contributed by atoms with Crippen LogP contribution in [0, 0.1) is 5.92 Å². The lowest BCUT2D eigenvalue weighted by Gasteiger charge is -2.32. The normalized spacial score (nSPS) is 20.4. The molecular formula is C16H24N4O4S. The van der Waals surface area contributed by atoms with Crippen molar-refractivity contribution in [3.05, 3.63) is 18.3 Å². The molecule has 2 aliphatic heterocycles. The fourth-order valence-corrected chi connectivity index (χ4v) is 4.58. The Kier molecular flexibility index (Phi) is 5.55. The molecule has 3 heterocycles. The van der Waals surface area contributed by atoms with Crippen molar-refractivity contribution in [1.82, 2.24) is 14.6 Å². The second-order valence-corrected chi connectivity index (χ2v) is 8.18. The molecule has 1 amide bonds. The van der Waals surface area contributed by atoms with E-state index in [1.165, 1.54) is 10.5 Å². The highest BCUT2D eigenvalue weighted by Gasteiger charge is 2.28. The summed E-state index contributed by atoms with van der Waals surface area (Å²) in [7, 11) is -1.86. The van der Waals surface area contributed by atoms with Crippen LogP contribution in [0.3, 0.4) is 0 Å². The average molecular weight is 368 g/mol. The highest BCUT2D eigenvalue weighted by Crippen LogP contribution is 2.24. The SMILES string of the molecule is CNC(=O)C1CCN(c2ccc(S(=O)(=O)N3CCOCC3)cn2)CC1. The van der Waals surface area contributed by atoms with E-state index >= 15 is 0 Å². The molecule has 2 aliphatic rings. The number of pyridine rings is 1. The Morgan fingerprint density at radius 3 is 2.44 bits per heavy atom. The van der Waals surface area contributed by atoms with Gasteiger partial charge in [0, 0.05) is 45.3 Å². The van der Waals surface area contributed by atoms with Crippen LogP contribution in [0.15, 0.2) is 23.2 Å². The van der Waals surface area contributed by atoms with Gasteiger partial charge in [0.25, 0.3) is 0 Å². The Balaban J connectivity index is 1.65. The molecule has 0 atom stereocenters. The number of morpholine rings is 1. The first-order valence-corrected chi connectivity index (χ1v) is 9.97. The maximum absolute atomic E-state index is 12.6. The minimum Gasteiger partial charge on any atom is -0.379 e. The number of hydrogen-bond acceptors (Lipinski definition) is 6. The Morgan fingerprint density at radius 2 is 1.88 bits per heavy atom. The number of anilines is 1. The van der Waals surface area contributed by atoms with Crippen LogP contribution in [0.4, 0.5) is 5.82 Å². The van der Waals surface area contributed by atoms with Crippen molar-refractivity contribution in [3.63, 3.8) is 0 Å². The van der Waals surface area contributed by atoms with E-state index in [4.69, 9.17) is 4.74 Å². The first kappa shape index (κ1) is 18.1. The van der Waals surface area contributed by atoms with Crippen LogP contribution in [0.5, 0.6) is 0 Å². The van der Waals surface area contributed by atoms with Gasteiger partial charge in [-0.25, -0.2) is 13.4 Å². The summed E-state index contributed by atoms with van der Waals surface area (Å²) in [5.74, 6) is 0.873. The van der Waals surface area contributed by atoms with E-state index in [1.54, 1.807) is 19.2 Å². The second-order valence-electron chi connectivity index (χ2n) is 6.24. The summed E-state index contributed by atoms with van der Waals surface area (Å²) in [6.45, 7) is 3.06. The molecule has 0 saturated carbocycles. The molecule has 138 valence electrons. The first-order valence-electron chi connectivity index (χ1n) is 8.53. The third-order valence-corrected chi connectivity index (χ3v) is 6.65. The van der Waals surface area contributed by atoms with Gasteiger partial charge in [-0.05, 0) is 25.0 Å². The fourth-order valence-electron chi connectivity index (χ4n) is 3.22. The molecule has 1 N–H and O–H groups in total. The molecule has 8 nitrogen and oxygen atoms in total. The van der Waals surface area contributed by atoms with Crippen LogP contribution in [0.25, 0.3) is 0 Å². The number of nitrogens with one attached hydrogen (secondary N) is 1. The topological polar surface area (TPSA) is 91.8 Å². The number of sulfonamides is 1. The molecule has 0 spiro atoms. The monoisotopic (exact) mass is 368 g/mol. The van der Waals surface area contributed by atoms with E-state index in [0.717, 1.165) is 31.7 Å². The minimum absolute atomic E-state index is 0.0437. The maximum Gasteiger partial charge on any atom is 0.244 e. The van der Waals surface area contributed by atoms with Crippen molar-refractivity contribution in [1.29, 1.82) is 0 Å². The van der Waals surface area contributed by atoms with Crippen molar-refractivity contribution >= 4 is 21.7 Å². The maximum atomic E-state index is 12.6. The molecule has 0 aromatic carbocycles. The number of carbonyl (C=O) groups is 1. The number of piperidine rings is 1. The van der Waals surface area contributed by atoms with Crippen LogP contribution < -0.4 is 10.2 Å². The van der Waals surface area contributed by atoms with Crippen LogP contribution >= 0.6 is 0 Å². The molecule has 2 fully saturated rings. The van der Waals surface area contributed by atoms with E-state index in [2.05, 4.69) is 15.2 Å². The van der Waals surface area contributed by atoms with Gasteiger partial charge in [0.05, 0.1) is 13.2 Å². The Bertz CT molecular complexity index is 693. The molecule has 0 radical (unpaired) electrons. The first-order chi connectivity index (χ1) is 12.0. The summed E-state index contributed by atoms with van der Waals surface area (Å²) in [6.07, 6.45) is 2.97. The molecule has 0 aliphatic carbocycles. The Hall–Kier alpha value is -1.71. The number of carbonyl (C=O) groups excluding carboxylic acids is 1. The van der Waals surface area contributed by atoms with Crippen LogP contribution in [-0.2, 0) is 19.6 Å². The van der Waals surface area contributed by atoms with E-state index in [-0.39, 0.29) is 16.7 Å². The number of hydrogen-bond donors (Lipinski definition) is 1. The van der Waals surface area contributed by atoms with Gasteiger partial charge in [-0.2, -0.15) is 4.31 Å². The zero-order valence-electron chi connectivity index (χ0n) is 14.3. The van der Waals surface area contributed by atoms with Crippen molar-refractivity contribution < 1.29 is 17.9 Å². The quantitative estimate of drug-likeness (QED) is 0.808. The van der Waals surface area contributed by atoms with Crippen molar-refractivity contribution in [2.45, 2.75) is 17.7 Å². The summed E-state index contributed by atoms with van der Waals surface area (Å²) in [5.41, 5.74) is 0. The molecule has 3 rings (SSSR count). The van der Waals surface area contributed by atoms with Crippen LogP contribution in [0.2, 0.25) is 0 Å². The van der Waals surface area contributed by atoms with Crippen LogP contribution in [0.1, 0.15) is 12.8 Å². The van der Waals surface area contributed by atoms with Crippen molar-refractivity contribution in [2.75, 3.05) is 51.3 Å². The molecule has 1 aromatic rings. The largest absolute Gasteiger partial charge is 0.379 e. The van der Waals surface area contributed by atoms with Crippen LogP contribution in [-0.4, -0.2) is 70.1 Å². The Morgan fingerprint density at radius 1 is 1.20 bits per heavy atom. The smallest absolute Gasteiger partial charge is 0.244 e. The lowest BCUT2D eigenvalue weighted by Crippen LogP contribution is -2.41. The summed E-state index contributed by atoms with van der Waals surface area (Å²) in [6, 6.07) is 3.35. The third-order valence-electron chi connectivity index (χ3n) is 4.76. The highest BCUT2D eigenvalue weighted by atomic mass is 32.2. The molecule has 9 heteroatoms. The molecular weight excluding hydrogens is 344 g/mol. The minimum atomic E-state index is -3.51. The summed E-state index contributed by atoms with van der Waals surface area (Å²) >= 11 is 0. The van der Waals surface area contributed by atoms with Gasteiger partial charge in [-0.1, -0.05) is 0 Å². The van der Waals surface area contributed by atoms with E-state index in [0.29, 0.717) is 26.3 Å². The summed E-state index contributed by atoms with van der Waals surface area (Å²) < 4.78 is 31.8. The highest BCUT2D eigenvalue weighted by molar-refractivity contribution is 7.89. The predicted molar refractivity (Wildman–Crippen MR) is 92.8 cm³/mol. The number of rotatable bonds is 4. The van der Waals surface area contributed by atoms with Gasteiger partial charge in [0.2, 0.25) is 15.9 Å². The standard InChI is InChI=1S/C16H24N4O4S/c1-17-16(21)13-4-6-19(7-5-13)15-3-2-14(12-18-15)25(22,23)20-8-10-24-11-9-20/h2-3,12-13H,4-11H2,1H3,(H,17,21). The molecule has 0 unspecified atom stereocenters. The van der Waals surface area contributed by atoms with Gasteiger partial charge < -0.3 is 15.0 Å². The second kappa shape index (κ2) is 7.67. The Labute approximate surface area is 148 Å². The van der Waals surface area contributed by atoms with Crippen molar-refractivity contribution in [3.8, 4) is 0 Å². The van der Waals surface area contributed by atoms with E-state index in [9.17, 15) is 13.2 Å². The van der Waals surface area contributed by atoms with Gasteiger partial charge in [-0.15, -0.1) is 0 Å². The summed E-state index contributed by atoms with van der Waals surface area (Å²) in [4.78, 5) is 18.3. The number of ether oxygens (including phenoxy) is 1. The van der Waals surface area contributed by atoms with Gasteiger partial charge in [0.15, 0.2) is 0 Å². The third kappa shape index (κ3) is 3.94. The zero-order chi connectivity index (χ0) is 17.9. The molecule has 0 bridgehead atoms. The molecule has 1 aromatic heterocycles. The van der Waals surface area contributed by atoms with Gasteiger partial charge >= 0.3 is 0 Å². The number of nitrogens with zero attached hydrogens (tertiary/aromatic N) is 3. The van der Waals surface area contributed by atoms with E-state index < -0.39 is 10.0 Å². The van der Waals surface area contributed by atoms with Gasteiger partial charge in [0.1, 0.15) is 10.7 Å². The summed E-state index contributed by atoms with van der Waals surface area (Å²) in [5, 5.41) is 2.69. The van der Waals surface area contributed by atoms with Crippen molar-refractivity contribution in [2.24, 2.45) is 5.92 Å². The number of amides is 1.